The van der Waals surface area contributed by atoms with Crippen LogP contribution in [-0.4, -0.2) is 26.6 Å². The van der Waals surface area contributed by atoms with E-state index in [1.54, 1.807) is 0 Å². The quantitative estimate of drug-likeness (QED) is 0.879. The third kappa shape index (κ3) is 3.10. The third-order valence-electron chi connectivity index (χ3n) is 3.60. The van der Waals surface area contributed by atoms with Gasteiger partial charge in [-0.1, -0.05) is 6.92 Å². The summed E-state index contributed by atoms with van der Waals surface area (Å²) < 4.78 is 3.90. The van der Waals surface area contributed by atoms with E-state index >= 15 is 0 Å². The fourth-order valence-corrected chi connectivity index (χ4v) is 2.47. The van der Waals surface area contributed by atoms with Gasteiger partial charge in [-0.05, 0) is 33.4 Å². The van der Waals surface area contributed by atoms with Crippen LogP contribution in [0, 0.1) is 0 Å². The first-order valence-corrected chi connectivity index (χ1v) is 7.28. The molecule has 0 saturated heterocycles. The molecular weight excluding hydrogens is 250 g/mol. The minimum Gasteiger partial charge on any atom is -0.313 e. The van der Waals surface area contributed by atoms with E-state index in [0.717, 1.165) is 24.2 Å². The first kappa shape index (κ1) is 14.8. The van der Waals surface area contributed by atoms with Crippen molar-refractivity contribution in [3.05, 3.63) is 35.4 Å². The lowest BCUT2D eigenvalue weighted by Crippen LogP contribution is -2.20. The predicted molar refractivity (Wildman–Crippen MR) is 80.7 cm³/mol. The molecule has 0 fully saturated rings. The van der Waals surface area contributed by atoms with Gasteiger partial charge in [0.15, 0.2) is 0 Å². The van der Waals surface area contributed by atoms with Gasteiger partial charge < -0.3 is 5.32 Å². The molecule has 0 bridgehead atoms. The van der Waals surface area contributed by atoms with Crippen LogP contribution in [0.4, 0.5) is 0 Å². The Morgan fingerprint density at radius 3 is 2.60 bits per heavy atom. The van der Waals surface area contributed by atoms with Crippen molar-refractivity contribution in [3.63, 3.8) is 0 Å². The number of rotatable bonds is 6. The van der Waals surface area contributed by atoms with Crippen LogP contribution in [0.3, 0.4) is 0 Å². The normalized spacial score (nSPS) is 13.1. The van der Waals surface area contributed by atoms with E-state index in [2.05, 4.69) is 54.7 Å². The standard InChI is InChI=1S/C15H25N5/c1-6-14-13(10-19(5)18-14)15(16-4)9-12-7-8-20(17-12)11(2)3/h7-8,10-11,15-16H,6,9H2,1-5H3. The Hall–Kier alpha value is -1.62. The van der Waals surface area contributed by atoms with Crippen LogP contribution in [0.5, 0.6) is 0 Å². The average molecular weight is 275 g/mol. The van der Waals surface area contributed by atoms with Crippen molar-refractivity contribution in [2.24, 2.45) is 7.05 Å². The molecule has 1 unspecified atom stereocenters. The van der Waals surface area contributed by atoms with Gasteiger partial charge in [0.05, 0.1) is 11.4 Å². The van der Waals surface area contributed by atoms with E-state index in [4.69, 9.17) is 0 Å². The molecule has 20 heavy (non-hydrogen) atoms. The summed E-state index contributed by atoms with van der Waals surface area (Å²) in [6, 6.07) is 2.77. The first-order valence-electron chi connectivity index (χ1n) is 7.28. The zero-order valence-corrected chi connectivity index (χ0v) is 13.1. The van der Waals surface area contributed by atoms with Gasteiger partial charge in [-0.15, -0.1) is 0 Å². The van der Waals surface area contributed by atoms with E-state index < -0.39 is 0 Å². The number of aryl methyl sites for hydroxylation is 2. The second kappa shape index (κ2) is 6.22. The van der Waals surface area contributed by atoms with Crippen LogP contribution < -0.4 is 5.32 Å². The Morgan fingerprint density at radius 1 is 1.30 bits per heavy atom. The Kier molecular flexibility index (Phi) is 4.60. The number of nitrogens with zero attached hydrogens (tertiary/aromatic N) is 4. The summed E-state index contributed by atoms with van der Waals surface area (Å²) in [5, 5.41) is 12.5. The minimum atomic E-state index is 0.258. The maximum atomic E-state index is 4.63. The van der Waals surface area contributed by atoms with E-state index in [9.17, 15) is 0 Å². The van der Waals surface area contributed by atoms with Crippen LogP contribution in [0.2, 0.25) is 0 Å². The lowest BCUT2D eigenvalue weighted by Gasteiger charge is -2.15. The first-order chi connectivity index (χ1) is 9.55. The summed E-state index contributed by atoms with van der Waals surface area (Å²) in [5.41, 5.74) is 3.55. The fraction of sp³-hybridized carbons (Fsp3) is 0.600. The molecule has 0 aliphatic carbocycles. The van der Waals surface area contributed by atoms with Gasteiger partial charge in [-0.2, -0.15) is 10.2 Å². The smallest absolute Gasteiger partial charge is 0.0669 e. The maximum absolute atomic E-state index is 4.63. The van der Waals surface area contributed by atoms with Crippen molar-refractivity contribution in [1.82, 2.24) is 24.9 Å². The van der Waals surface area contributed by atoms with Crippen LogP contribution in [-0.2, 0) is 19.9 Å². The highest BCUT2D eigenvalue weighted by Crippen LogP contribution is 2.21. The van der Waals surface area contributed by atoms with Gasteiger partial charge in [0.25, 0.3) is 0 Å². The zero-order valence-electron chi connectivity index (χ0n) is 13.1. The number of nitrogens with one attached hydrogen (secondary N) is 1. The summed E-state index contributed by atoms with van der Waals surface area (Å²) in [5.74, 6) is 0. The molecular formula is C15H25N5. The zero-order chi connectivity index (χ0) is 14.7. The third-order valence-corrected chi connectivity index (χ3v) is 3.60. The van der Waals surface area contributed by atoms with Gasteiger partial charge in [-0.25, -0.2) is 0 Å². The summed E-state index contributed by atoms with van der Waals surface area (Å²) >= 11 is 0. The highest BCUT2D eigenvalue weighted by atomic mass is 15.3. The Bertz CT molecular complexity index is 552. The van der Waals surface area contributed by atoms with Crippen molar-refractivity contribution in [2.45, 2.75) is 45.7 Å². The fourth-order valence-electron chi connectivity index (χ4n) is 2.47. The molecule has 2 rings (SSSR count). The lowest BCUT2D eigenvalue weighted by molar-refractivity contribution is 0.514. The predicted octanol–water partition coefficient (Wildman–Crippen LogP) is 2.26. The van der Waals surface area contributed by atoms with Gasteiger partial charge in [0.1, 0.15) is 0 Å². The van der Waals surface area contributed by atoms with Crippen LogP contribution in [0.25, 0.3) is 0 Å². The van der Waals surface area contributed by atoms with E-state index in [0.29, 0.717) is 6.04 Å². The van der Waals surface area contributed by atoms with E-state index in [1.165, 1.54) is 5.56 Å². The highest BCUT2D eigenvalue weighted by molar-refractivity contribution is 5.23. The van der Waals surface area contributed by atoms with Crippen molar-refractivity contribution in [1.29, 1.82) is 0 Å². The molecule has 0 aliphatic heterocycles. The molecule has 0 radical (unpaired) electrons. The van der Waals surface area contributed by atoms with Crippen molar-refractivity contribution < 1.29 is 0 Å². The number of likely N-dealkylation sites (N-methyl/N-ethyl adjacent to an activating group) is 1. The molecule has 110 valence electrons. The second-order valence-corrected chi connectivity index (χ2v) is 5.48. The molecule has 1 N–H and O–H groups in total. The lowest BCUT2D eigenvalue weighted by atomic mass is 10.0. The van der Waals surface area contributed by atoms with Crippen molar-refractivity contribution >= 4 is 0 Å². The maximum Gasteiger partial charge on any atom is 0.0669 e. The van der Waals surface area contributed by atoms with Crippen molar-refractivity contribution in [2.75, 3.05) is 7.05 Å². The minimum absolute atomic E-state index is 0.258. The van der Waals surface area contributed by atoms with Gasteiger partial charge in [-0.3, -0.25) is 9.36 Å². The molecule has 1 atom stereocenters. The molecule has 0 saturated carbocycles. The van der Waals surface area contributed by atoms with Crippen molar-refractivity contribution in [3.8, 4) is 0 Å². The molecule has 2 aromatic heterocycles. The summed E-state index contributed by atoms with van der Waals surface area (Å²) in [6.45, 7) is 6.43. The molecule has 0 spiro atoms. The van der Waals surface area contributed by atoms with E-state index in [1.807, 2.05) is 23.5 Å². The number of aromatic nitrogens is 4. The van der Waals surface area contributed by atoms with Gasteiger partial charge in [0, 0.05) is 43.5 Å². The molecule has 0 aliphatic rings. The van der Waals surface area contributed by atoms with Crippen LogP contribution in [0.15, 0.2) is 18.5 Å². The highest BCUT2D eigenvalue weighted by Gasteiger charge is 2.18. The second-order valence-electron chi connectivity index (χ2n) is 5.48. The van der Waals surface area contributed by atoms with Crippen LogP contribution >= 0.6 is 0 Å². The monoisotopic (exact) mass is 275 g/mol. The molecule has 5 heteroatoms. The topological polar surface area (TPSA) is 47.7 Å². The van der Waals surface area contributed by atoms with Gasteiger partial charge >= 0.3 is 0 Å². The van der Waals surface area contributed by atoms with E-state index in [-0.39, 0.29) is 6.04 Å². The SMILES string of the molecule is CCc1nn(C)cc1C(Cc1ccn(C(C)C)n1)NC. The largest absolute Gasteiger partial charge is 0.313 e. The molecule has 0 aromatic carbocycles. The Balaban J connectivity index is 2.19. The summed E-state index contributed by atoms with van der Waals surface area (Å²) in [6.07, 6.45) is 6.00. The average Bonchev–Trinajstić information content (AvgIpc) is 3.02. The Labute approximate surface area is 121 Å². The summed E-state index contributed by atoms with van der Waals surface area (Å²) in [7, 11) is 3.97. The number of hydrogen-bond acceptors (Lipinski definition) is 3. The molecule has 2 aromatic rings. The number of hydrogen-bond donors (Lipinski definition) is 1. The van der Waals surface area contributed by atoms with Gasteiger partial charge in [0.2, 0.25) is 0 Å². The van der Waals surface area contributed by atoms with Crippen LogP contribution in [0.1, 0.15) is 49.8 Å². The molecule has 0 amide bonds. The molecule has 5 nitrogen and oxygen atoms in total. The Morgan fingerprint density at radius 2 is 2.05 bits per heavy atom. The summed E-state index contributed by atoms with van der Waals surface area (Å²) in [4.78, 5) is 0. The molecule has 2 heterocycles.